The van der Waals surface area contributed by atoms with Crippen LogP contribution >= 0.6 is 0 Å². The van der Waals surface area contributed by atoms with Crippen LogP contribution in [-0.4, -0.2) is 0 Å². The van der Waals surface area contributed by atoms with E-state index in [2.05, 4.69) is 27.7 Å². The van der Waals surface area contributed by atoms with Crippen LogP contribution in [0, 0.1) is 26.2 Å². The molecule has 115 valence electrons. The Morgan fingerprint density at radius 1 is 0.789 bits per heavy atom. The molecule has 0 aromatic heterocycles. The second kappa shape index (κ2) is 19.1. The van der Waals surface area contributed by atoms with E-state index in [1.807, 2.05) is 0 Å². The van der Waals surface area contributed by atoms with Crippen molar-refractivity contribution in [1.82, 2.24) is 0 Å². The summed E-state index contributed by atoms with van der Waals surface area (Å²) < 4.78 is 0. The minimum atomic E-state index is 0. The molecule has 0 nitrogen and oxygen atoms in total. The van der Waals surface area contributed by atoms with Crippen LogP contribution in [0.1, 0.15) is 91.4 Å². The fourth-order valence-electron chi connectivity index (χ4n) is 2.52. The quantitative estimate of drug-likeness (QED) is 0.268. The summed E-state index contributed by atoms with van der Waals surface area (Å²) in [6.45, 7) is 11.0. The zero-order valence-corrected chi connectivity index (χ0v) is 17.1. The van der Waals surface area contributed by atoms with E-state index in [0.717, 1.165) is 18.3 Å². The van der Waals surface area contributed by atoms with Crippen LogP contribution in [0.15, 0.2) is 0 Å². The summed E-state index contributed by atoms with van der Waals surface area (Å²) in [4.78, 5) is 0. The van der Waals surface area contributed by atoms with E-state index in [0.29, 0.717) is 0 Å². The largest absolute Gasteiger partial charge is 0.358 e. The predicted octanol–water partition coefficient (Wildman–Crippen LogP) is 6.85. The van der Waals surface area contributed by atoms with Crippen LogP contribution in [0.4, 0.5) is 0 Å². The summed E-state index contributed by atoms with van der Waals surface area (Å²) >= 11 is 0. The second-order valence-corrected chi connectivity index (χ2v) is 5.97. The van der Waals surface area contributed by atoms with Crippen molar-refractivity contribution in [2.24, 2.45) is 11.8 Å². The van der Waals surface area contributed by atoms with Gasteiger partial charge in [-0.1, -0.05) is 78.6 Å². The van der Waals surface area contributed by atoms with Gasteiger partial charge in [0.2, 0.25) is 0 Å². The molecule has 0 fully saturated rings. The van der Waals surface area contributed by atoms with Crippen molar-refractivity contribution in [1.29, 1.82) is 0 Å². The molecular formula is C18H38Y-2. The van der Waals surface area contributed by atoms with Crippen LogP contribution in [0.5, 0.6) is 0 Å². The van der Waals surface area contributed by atoms with E-state index in [-0.39, 0.29) is 40.1 Å². The summed E-state index contributed by atoms with van der Waals surface area (Å²) in [6.07, 6.45) is 15.3. The fraction of sp³-hybridized carbons (Fsp3) is 0.889. The van der Waals surface area contributed by atoms with E-state index in [4.69, 9.17) is 0 Å². The molecule has 0 saturated heterocycles. The SMILES string of the molecule is [CH2-]CCCCCCCCCC(C)CC(C)CC.[CH3-].[Y]. The van der Waals surface area contributed by atoms with Gasteiger partial charge in [0.05, 0.1) is 0 Å². The van der Waals surface area contributed by atoms with Crippen LogP contribution in [-0.2, 0) is 32.7 Å². The second-order valence-electron chi connectivity index (χ2n) is 5.97. The van der Waals surface area contributed by atoms with Gasteiger partial charge in [-0.3, -0.25) is 0 Å². The maximum absolute atomic E-state index is 3.88. The minimum absolute atomic E-state index is 0. The van der Waals surface area contributed by atoms with E-state index in [9.17, 15) is 0 Å². The summed E-state index contributed by atoms with van der Waals surface area (Å²) in [5, 5.41) is 0. The van der Waals surface area contributed by atoms with Crippen molar-refractivity contribution in [2.75, 3.05) is 0 Å². The van der Waals surface area contributed by atoms with Gasteiger partial charge < -0.3 is 14.4 Å². The molecular weight excluding hydrogens is 305 g/mol. The maximum Gasteiger partial charge on any atom is 0 e. The summed E-state index contributed by atoms with van der Waals surface area (Å²) in [5.74, 6) is 1.86. The average Bonchev–Trinajstić information content (AvgIpc) is 2.32. The molecule has 1 radical (unpaired) electrons. The molecule has 0 aliphatic carbocycles. The molecule has 0 aromatic carbocycles. The van der Waals surface area contributed by atoms with Gasteiger partial charge in [-0.15, -0.1) is 0 Å². The molecule has 0 aromatic rings. The molecule has 2 unspecified atom stereocenters. The van der Waals surface area contributed by atoms with Gasteiger partial charge >= 0.3 is 0 Å². The standard InChI is InChI=1S/C17H35.CH3.Y/c1-5-7-8-9-10-11-12-13-14-17(4)15-16(3)6-2;;/h16-17H,1,5-15H2,2-4H3;1H3;/q2*-1;. The van der Waals surface area contributed by atoms with E-state index >= 15 is 0 Å². The Labute approximate surface area is 149 Å². The normalized spacial score (nSPS) is 13.3. The van der Waals surface area contributed by atoms with Crippen LogP contribution in [0.2, 0.25) is 0 Å². The number of unbranched alkanes of at least 4 members (excludes halogenated alkanes) is 7. The van der Waals surface area contributed by atoms with E-state index in [1.54, 1.807) is 0 Å². The smallest absolute Gasteiger partial charge is 0 e. The number of hydrogen-bond acceptors (Lipinski definition) is 0. The Balaban J connectivity index is -0.00000128. The average molecular weight is 343 g/mol. The molecule has 0 aliphatic rings. The first-order valence-electron chi connectivity index (χ1n) is 7.99. The molecule has 2 atom stereocenters. The zero-order valence-electron chi connectivity index (χ0n) is 14.2. The molecule has 0 bridgehead atoms. The Morgan fingerprint density at radius 2 is 1.26 bits per heavy atom. The van der Waals surface area contributed by atoms with Gasteiger partial charge in [-0.2, -0.15) is 6.42 Å². The third-order valence-corrected chi connectivity index (χ3v) is 3.95. The molecule has 0 aliphatic heterocycles. The molecule has 0 saturated carbocycles. The zero-order chi connectivity index (χ0) is 12.9. The van der Waals surface area contributed by atoms with E-state index in [1.165, 1.54) is 64.2 Å². The van der Waals surface area contributed by atoms with Gasteiger partial charge in [-0.25, -0.2) is 0 Å². The molecule has 0 amide bonds. The topological polar surface area (TPSA) is 0 Å². The molecule has 0 spiro atoms. The monoisotopic (exact) mass is 343 g/mol. The fourth-order valence-corrected chi connectivity index (χ4v) is 2.52. The number of rotatable bonds is 12. The van der Waals surface area contributed by atoms with Crippen molar-refractivity contribution in [3.63, 3.8) is 0 Å². The first-order chi connectivity index (χ1) is 8.20. The van der Waals surface area contributed by atoms with Crippen molar-refractivity contribution in [3.8, 4) is 0 Å². The third-order valence-electron chi connectivity index (χ3n) is 3.95. The first kappa shape index (κ1) is 25.1. The summed E-state index contributed by atoms with van der Waals surface area (Å²) in [7, 11) is 0. The van der Waals surface area contributed by atoms with Crippen molar-refractivity contribution in [2.45, 2.75) is 91.4 Å². The van der Waals surface area contributed by atoms with Gasteiger partial charge in [0.15, 0.2) is 0 Å². The van der Waals surface area contributed by atoms with Crippen molar-refractivity contribution < 1.29 is 32.7 Å². The Bertz CT molecular complexity index is 145. The number of hydrogen-bond donors (Lipinski definition) is 0. The van der Waals surface area contributed by atoms with Crippen molar-refractivity contribution >= 4 is 0 Å². The predicted molar refractivity (Wildman–Crippen MR) is 86.6 cm³/mol. The van der Waals surface area contributed by atoms with Gasteiger partial charge in [-0.05, 0) is 18.3 Å². The van der Waals surface area contributed by atoms with Gasteiger partial charge in [0.25, 0.3) is 0 Å². The van der Waals surface area contributed by atoms with Crippen LogP contribution in [0.25, 0.3) is 0 Å². The summed E-state index contributed by atoms with van der Waals surface area (Å²) in [6, 6.07) is 0. The van der Waals surface area contributed by atoms with Crippen LogP contribution < -0.4 is 0 Å². The Morgan fingerprint density at radius 3 is 1.74 bits per heavy atom. The first-order valence-corrected chi connectivity index (χ1v) is 7.99. The molecule has 19 heavy (non-hydrogen) atoms. The Kier molecular flexibility index (Phi) is 25.2. The molecule has 0 rings (SSSR count). The molecule has 0 heterocycles. The molecule has 0 N–H and O–H groups in total. The van der Waals surface area contributed by atoms with E-state index < -0.39 is 0 Å². The maximum atomic E-state index is 3.88. The van der Waals surface area contributed by atoms with Gasteiger partial charge in [0, 0.05) is 32.7 Å². The van der Waals surface area contributed by atoms with Gasteiger partial charge in [0.1, 0.15) is 0 Å². The summed E-state index contributed by atoms with van der Waals surface area (Å²) in [5.41, 5.74) is 0. The van der Waals surface area contributed by atoms with Crippen LogP contribution in [0.3, 0.4) is 0 Å². The minimum Gasteiger partial charge on any atom is -0.358 e. The van der Waals surface area contributed by atoms with Crippen molar-refractivity contribution in [3.05, 3.63) is 14.4 Å². The molecule has 1 heteroatoms. The third kappa shape index (κ3) is 19.1. The Hall–Kier alpha value is 1.10.